The molecule has 1 aromatic rings. The van der Waals surface area contributed by atoms with Crippen molar-refractivity contribution in [2.45, 2.75) is 19.0 Å². The van der Waals surface area contributed by atoms with E-state index >= 15 is 0 Å². The fourth-order valence-electron chi connectivity index (χ4n) is 2.65. The Labute approximate surface area is 123 Å². The van der Waals surface area contributed by atoms with Crippen LogP contribution in [-0.2, 0) is 9.53 Å². The first-order chi connectivity index (χ1) is 9.95. The second-order valence-electron chi connectivity index (χ2n) is 5.28. The molecule has 0 amide bonds. The van der Waals surface area contributed by atoms with Crippen molar-refractivity contribution in [3.63, 3.8) is 0 Å². The van der Waals surface area contributed by atoms with Gasteiger partial charge in [-0.25, -0.2) is 4.39 Å². The number of ether oxygens (including phenoxy) is 2. The van der Waals surface area contributed by atoms with Gasteiger partial charge in [0.25, 0.3) is 0 Å². The zero-order valence-corrected chi connectivity index (χ0v) is 12.4. The Kier molecular flexibility index (Phi) is 4.80. The number of hydrogen-bond donors (Lipinski definition) is 1. The third kappa shape index (κ3) is 3.16. The molecule has 5 nitrogen and oxygen atoms in total. The summed E-state index contributed by atoms with van der Waals surface area (Å²) in [5.41, 5.74) is 0.770. The van der Waals surface area contributed by atoms with E-state index in [1.165, 1.54) is 13.2 Å². The standard InChI is InChI=1S/C15H20FNO4/c1-9(10-4-5-14(20-3)12(16)6-10)17(2)13-8-21-7-11(13)15(18)19/h4-6,9,11,13H,7-8H2,1-3H3,(H,18,19). The molecule has 1 fully saturated rings. The highest BCUT2D eigenvalue weighted by molar-refractivity contribution is 5.71. The second-order valence-corrected chi connectivity index (χ2v) is 5.28. The number of halogens is 1. The molecule has 1 heterocycles. The first-order valence-corrected chi connectivity index (χ1v) is 6.81. The van der Waals surface area contributed by atoms with Gasteiger partial charge in [0, 0.05) is 12.1 Å². The summed E-state index contributed by atoms with van der Waals surface area (Å²) >= 11 is 0. The Bertz CT molecular complexity index is 522. The van der Waals surface area contributed by atoms with Gasteiger partial charge < -0.3 is 14.6 Å². The molecule has 0 saturated carbocycles. The minimum Gasteiger partial charge on any atom is -0.494 e. The molecule has 116 valence electrons. The number of rotatable bonds is 5. The Morgan fingerprint density at radius 2 is 2.24 bits per heavy atom. The van der Waals surface area contributed by atoms with E-state index in [2.05, 4.69) is 0 Å². The van der Waals surface area contributed by atoms with Crippen molar-refractivity contribution < 1.29 is 23.8 Å². The number of carboxylic acid groups (broad SMARTS) is 1. The van der Waals surface area contributed by atoms with Crippen molar-refractivity contribution in [1.82, 2.24) is 4.90 Å². The molecule has 0 aliphatic carbocycles. The molecule has 1 aliphatic heterocycles. The molecular weight excluding hydrogens is 277 g/mol. The lowest BCUT2D eigenvalue weighted by Gasteiger charge is -2.32. The van der Waals surface area contributed by atoms with Crippen LogP contribution in [0.5, 0.6) is 5.75 Å². The quantitative estimate of drug-likeness (QED) is 0.900. The maximum Gasteiger partial charge on any atom is 0.310 e. The number of nitrogens with zero attached hydrogens (tertiary/aromatic N) is 1. The SMILES string of the molecule is COc1ccc(C(C)N(C)C2COCC2C(=O)O)cc1F. The monoisotopic (exact) mass is 297 g/mol. The van der Waals surface area contributed by atoms with Gasteiger partial charge in [0.2, 0.25) is 0 Å². The summed E-state index contributed by atoms with van der Waals surface area (Å²) in [5.74, 6) is -1.65. The lowest BCUT2D eigenvalue weighted by molar-refractivity contribution is -0.143. The summed E-state index contributed by atoms with van der Waals surface area (Å²) in [6, 6.07) is 4.44. The van der Waals surface area contributed by atoms with Gasteiger partial charge in [0.1, 0.15) is 0 Å². The molecule has 0 radical (unpaired) electrons. The minimum atomic E-state index is -0.863. The Morgan fingerprint density at radius 3 is 2.81 bits per heavy atom. The number of methoxy groups -OCH3 is 1. The van der Waals surface area contributed by atoms with E-state index in [1.807, 2.05) is 18.9 Å². The lowest BCUT2D eigenvalue weighted by Crippen LogP contribution is -2.42. The number of carbonyl (C=O) groups is 1. The molecule has 0 bridgehead atoms. The van der Waals surface area contributed by atoms with E-state index in [4.69, 9.17) is 9.47 Å². The molecule has 1 aliphatic rings. The first kappa shape index (κ1) is 15.7. The fraction of sp³-hybridized carbons (Fsp3) is 0.533. The molecule has 2 rings (SSSR count). The molecule has 3 atom stereocenters. The molecule has 1 N–H and O–H groups in total. The second kappa shape index (κ2) is 6.41. The Morgan fingerprint density at radius 1 is 1.52 bits per heavy atom. The summed E-state index contributed by atoms with van der Waals surface area (Å²) < 4.78 is 24.0. The van der Waals surface area contributed by atoms with Crippen LogP contribution in [0.3, 0.4) is 0 Å². The summed E-state index contributed by atoms with van der Waals surface area (Å²) in [4.78, 5) is 13.2. The lowest BCUT2D eigenvalue weighted by atomic mass is 9.99. The molecule has 3 unspecified atom stereocenters. The average molecular weight is 297 g/mol. The number of aliphatic carboxylic acids is 1. The van der Waals surface area contributed by atoms with E-state index in [1.54, 1.807) is 12.1 Å². The summed E-state index contributed by atoms with van der Waals surface area (Å²) in [6.45, 7) is 2.50. The predicted octanol–water partition coefficient (Wildman–Crippen LogP) is 1.93. The highest BCUT2D eigenvalue weighted by atomic mass is 19.1. The van der Waals surface area contributed by atoms with E-state index in [0.717, 1.165) is 5.56 Å². The molecular formula is C15H20FNO4. The van der Waals surface area contributed by atoms with Gasteiger partial charge in [-0.15, -0.1) is 0 Å². The van der Waals surface area contributed by atoms with Crippen LogP contribution in [0.15, 0.2) is 18.2 Å². The highest BCUT2D eigenvalue weighted by Gasteiger charge is 2.38. The third-order valence-corrected chi connectivity index (χ3v) is 4.16. The van der Waals surface area contributed by atoms with Gasteiger partial charge in [-0.1, -0.05) is 6.07 Å². The first-order valence-electron chi connectivity index (χ1n) is 6.81. The smallest absolute Gasteiger partial charge is 0.310 e. The van der Waals surface area contributed by atoms with Crippen LogP contribution in [0.4, 0.5) is 4.39 Å². The van der Waals surface area contributed by atoms with E-state index in [0.29, 0.717) is 6.61 Å². The van der Waals surface area contributed by atoms with Crippen LogP contribution in [0.25, 0.3) is 0 Å². The van der Waals surface area contributed by atoms with Crippen molar-refractivity contribution in [3.8, 4) is 5.75 Å². The minimum absolute atomic E-state index is 0.126. The van der Waals surface area contributed by atoms with Gasteiger partial charge in [-0.2, -0.15) is 0 Å². The molecule has 1 saturated heterocycles. The molecule has 6 heteroatoms. The highest BCUT2D eigenvalue weighted by Crippen LogP contribution is 2.29. The van der Waals surface area contributed by atoms with Gasteiger partial charge in [0.05, 0.1) is 26.2 Å². The zero-order chi connectivity index (χ0) is 15.6. The van der Waals surface area contributed by atoms with Crippen LogP contribution in [-0.4, -0.2) is 49.4 Å². The maximum absolute atomic E-state index is 13.8. The third-order valence-electron chi connectivity index (χ3n) is 4.16. The van der Waals surface area contributed by atoms with Crippen molar-refractivity contribution in [2.75, 3.05) is 27.4 Å². The van der Waals surface area contributed by atoms with Crippen molar-refractivity contribution in [1.29, 1.82) is 0 Å². The van der Waals surface area contributed by atoms with E-state index in [9.17, 15) is 14.3 Å². The van der Waals surface area contributed by atoms with E-state index in [-0.39, 0.29) is 24.4 Å². The maximum atomic E-state index is 13.8. The fourth-order valence-corrected chi connectivity index (χ4v) is 2.65. The van der Waals surface area contributed by atoms with Crippen molar-refractivity contribution >= 4 is 5.97 Å². The number of hydrogen-bond acceptors (Lipinski definition) is 4. The number of benzene rings is 1. The summed E-state index contributed by atoms with van der Waals surface area (Å²) in [5, 5.41) is 9.21. The van der Waals surface area contributed by atoms with Crippen molar-refractivity contribution in [3.05, 3.63) is 29.6 Å². The van der Waals surface area contributed by atoms with Gasteiger partial charge in [-0.3, -0.25) is 9.69 Å². The van der Waals surface area contributed by atoms with Gasteiger partial charge in [-0.05, 0) is 31.7 Å². The summed E-state index contributed by atoms with van der Waals surface area (Å²) in [6.07, 6.45) is 0. The van der Waals surface area contributed by atoms with Crippen LogP contribution in [0, 0.1) is 11.7 Å². The van der Waals surface area contributed by atoms with Crippen LogP contribution in [0.1, 0.15) is 18.5 Å². The zero-order valence-electron chi connectivity index (χ0n) is 12.4. The van der Waals surface area contributed by atoms with Crippen molar-refractivity contribution in [2.24, 2.45) is 5.92 Å². The van der Waals surface area contributed by atoms with Crippen LogP contribution in [0.2, 0.25) is 0 Å². The summed E-state index contributed by atoms with van der Waals surface area (Å²) in [7, 11) is 3.25. The average Bonchev–Trinajstić information content (AvgIpc) is 2.95. The van der Waals surface area contributed by atoms with Crippen LogP contribution < -0.4 is 4.74 Å². The molecule has 0 aromatic heterocycles. The molecule has 21 heavy (non-hydrogen) atoms. The largest absolute Gasteiger partial charge is 0.494 e. The topological polar surface area (TPSA) is 59.0 Å². The Hall–Kier alpha value is -1.66. The number of likely N-dealkylation sites (N-methyl/N-ethyl adjacent to an activating group) is 1. The van der Waals surface area contributed by atoms with Gasteiger partial charge in [0.15, 0.2) is 11.6 Å². The normalized spacial score (nSPS) is 23.3. The Balaban J connectivity index is 2.17. The van der Waals surface area contributed by atoms with E-state index < -0.39 is 17.7 Å². The van der Waals surface area contributed by atoms with Gasteiger partial charge >= 0.3 is 5.97 Å². The predicted molar refractivity (Wildman–Crippen MR) is 74.9 cm³/mol. The molecule has 1 aromatic carbocycles. The number of carboxylic acids is 1. The van der Waals surface area contributed by atoms with Crippen LogP contribution >= 0.6 is 0 Å². The molecule has 0 spiro atoms.